The molecule has 0 unspecified atom stereocenters. The van der Waals surface area contributed by atoms with E-state index >= 15 is 0 Å². The van der Waals surface area contributed by atoms with Crippen molar-refractivity contribution >= 4 is 17.4 Å². The summed E-state index contributed by atoms with van der Waals surface area (Å²) in [6.07, 6.45) is 0. The highest BCUT2D eigenvalue weighted by Crippen LogP contribution is 2.28. The SMILES string of the molecule is CC(=O)c1ccc(Cl)cc1C(C)(C)C. The van der Waals surface area contributed by atoms with Gasteiger partial charge in [-0.15, -0.1) is 0 Å². The summed E-state index contributed by atoms with van der Waals surface area (Å²) < 4.78 is 0. The summed E-state index contributed by atoms with van der Waals surface area (Å²) in [5.41, 5.74) is 1.73. The predicted molar refractivity (Wildman–Crippen MR) is 60.2 cm³/mol. The van der Waals surface area contributed by atoms with Crippen LogP contribution in [-0.4, -0.2) is 5.78 Å². The van der Waals surface area contributed by atoms with E-state index in [1.165, 1.54) is 0 Å². The van der Waals surface area contributed by atoms with E-state index in [1.54, 1.807) is 19.1 Å². The van der Waals surface area contributed by atoms with Crippen LogP contribution >= 0.6 is 11.6 Å². The van der Waals surface area contributed by atoms with E-state index in [-0.39, 0.29) is 11.2 Å². The lowest BCUT2D eigenvalue weighted by atomic mass is 9.83. The number of ketones is 1. The molecule has 0 aliphatic rings. The molecule has 0 amide bonds. The second-order valence-corrected chi connectivity index (χ2v) is 4.93. The lowest BCUT2D eigenvalue weighted by Crippen LogP contribution is -2.15. The van der Waals surface area contributed by atoms with E-state index in [0.29, 0.717) is 5.02 Å². The third-order valence-corrected chi connectivity index (χ3v) is 2.40. The Bertz CT molecular complexity index is 361. The summed E-state index contributed by atoms with van der Waals surface area (Å²) in [6, 6.07) is 5.43. The zero-order valence-electron chi connectivity index (χ0n) is 9.02. The third-order valence-electron chi connectivity index (χ3n) is 2.17. The Morgan fingerprint density at radius 1 is 1.29 bits per heavy atom. The van der Waals surface area contributed by atoms with Crippen LogP contribution in [0.2, 0.25) is 5.02 Å². The highest BCUT2D eigenvalue weighted by Gasteiger charge is 2.19. The average molecular weight is 211 g/mol. The molecule has 1 nitrogen and oxygen atoms in total. The van der Waals surface area contributed by atoms with Crippen molar-refractivity contribution in [2.75, 3.05) is 0 Å². The fraction of sp³-hybridized carbons (Fsp3) is 0.417. The molecular weight excluding hydrogens is 196 g/mol. The van der Waals surface area contributed by atoms with Gasteiger partial charge in [0.2, 0.25) is 0 Å². The maximum absolute atomic E-state index is 11.4. The van der Waals surface area contributed by atoms with Crippen LogP contribution in [0, 0.1) is 0 Å². The largest absolute Gasteiger partial charge is 0.295 e. The molecular formula is C12H15ClO. The van der Waals surface area contributed by atoms with E-state index in [0.717, 1.165) is 11.1 Å². The predicted octanol–water partition coefficient (Wildman–Crippen LogP) is 3.84. The minimum atomic E-state index is -0.0497. The molecule has 0 spiro atoms. The highest BCUT2D eigenvalue weighted by molar-refractivity contribution is 6.30. The van der Waals surface area contributed by atoms with Gasteiger partial charge in [-0.3, -0.25) is 4.79 Å². The van der Waals surface area contributed by atoms with Gasteiger partial charge in [0.05, 0.1) is 0 Å². The normalized spacial score (nSPS) is 11.5. The van der Waals surface area contributed by atoms with Crippen LogP contribution in [0.1, 0.15) is 43.6 Å². The Morgan fingerprint density at radius 3 is 2.29 bits per heavy atom. The first kappa shape index (κ1) is 11.3. The minimum Gasteiger partial charge on any atom is -0.295 e. The molecule has 76 valence electrons. The molecule has 0 aliphatic heterocycles. The standard InChI is InChI=1S/C12H15ClO/c1-8(14)10-6-5-9(13)7-11(10)12(2,3)4/h5-7H,1-4H3. The monoisotopic (exact) mass is 210 g/mol. The van der Waals surface area contributed by atoms with Crippen molar-refractivity contribution < 1.29 is 4.79 Å². The molecule has 1 aromatic carbocycles. The molecule has 0 aromatic heterocycles. The van der Waals surface area contributed by atoms with E-state index in [2.05, 4.69) is 20.8 Å². The average Bonchev–Trinajstić information content (AvgIpc) is 2.01. The number of carbonyl (C=O) groups is 1. The minimum absolute atomic E-state index is 0.0497. The van der Waals surface area contributed by atoms with Crippen molar-refractivity contribution in [2.24, 2.45) is 0 Å². The van der Waals surface area contributed by atoms with E-state index in [4.69, 9.17) is 11.6 Å². The zero-order valence-corrected chi connectivity index (χ0v) is 9.77. The van der Waals surface area contributed by atoms with Crippen LogP contribution in [0.4, 0.5) is 0 Å². The molecule has 0 bridgehead atoms. The van der Waals surface area contributed by atoms with Crippen molar-refractivity contribution in [3.8, 4) is 0 Å². The maximum atomic E-state index is 11.4. The number of halogens is 1. The van der Waals surface area contributed by atoms with Gasteiger partial charge in [-0.2, -0.15) is 0 Å². The number of benzene rings is 1. The summed E-state index contributed by atoms with van der Waals surface area (Å²) in [4.78, 5) is 11.4. The van der Waals surface area contributed by atoms with Gasteiger partial charge in [-0.1, -0.05) is 32.4 Å². The molecule has 0 saturated carbocycles. The van der Waals surface area contributed by atoms with Crippen LogP contribution in [0.15, 0.2) is 18.2 Å². The Kier molecular flexibility index (Phi) is 3.01. The Labute approximate surface area is 90.1 Å². The van der Waals surface area contributed by atoms with Gasteiger partial charge >= 0.3 is 0 Å². The molecule has 0 fully saturated rings. The Balaban J connectivity index is 3.38. The molecule has 2 heteroatoms. The summed E-state index contributed by atoms with van der Waals surface area (Å²) in [5, 5.41) is 0.680. The smallest absolute Gasteiger partial charge is 0.160 e. The van der Waals surface area contributed by atoms with Gasteiger partial charge in [0, 0.05) is 10.6 Å². The molecule has 0 saturated heterocycles. The first-order chi connectivity index (χ1) is 6.32. The quantitative estimate of drug-likeness (QED) is 0.644. The lowest BCUT2D eigenvalue weighted by Gasteiger charge is -2.22. The van der Waals surface area contributed by atoms with Gasteiger partial charge in [0.15, 0.2) is 5.78 Å². The first-order valence-electron chi connectivity index (χ1n) is 4.63. The molecule has 0 N–H and O–H groups in total. The van der Waals surface area contributed by atoms with Gasteiger partial charge < -0.3 is 0 Å². The van der Waals surface area contributed by atoms with Gasteiger partial charge in [-0.05, 0) is 36.1 Å². The van der Waals surface area contributed by atoms with Crippen molar-refractivity contribution in [3.05, 3.63) is 34.3 Å². The number of rotatable bonds is 1. The fourth-order valence-corrected chi connectivity index (χ4v) is 1.62. The Hall–Kier alpha value is -0.820. The Morgan fingerprint density at radius 2 is 1.86 bits per heavy atom. The van der Waals surface area contributed by atoms with Crippen LogP contribution in [-0.2, 0) is 5.41 Å². The summed E-state index contributed by atoms with van der Waals surface area (Å²) in [5.74, 6) is 0.0894. The fourth-order valence-electron chi connectivity index (χ4n) is 1.44. The van der Waals surface area contributed by atoms with Crippen molar-refractivity contribution in [3.63, 3.8) is 0 Å². The van der Waals surface area contributed by atoms with Crippen LogP contribution in [0.5, 0.6) is 0 Å². The van der Waals surface area contributed by atoms with Crippen LogP contribution < -0.4 is 0 Å². The first-order valence-corrected chi connectivity index (χ1v) is 5.01. The molecule has 1 aromatic rings. The van der Waals surface area contributed by atoms with Crippen molar-refractivity contribution in [1.82, 2.24) is 0 Å². The molecule has 0 heterocycles. The second kappa shape index (κ2) is 3.74. The molecule has 0 atom stereocenters. The zero-order chi connectivity index (χ0) is 10.9. The van der Waals surface area contributed by atoms with Crippen molar-refractivity contribution in [1.29, 1.82) is 0 Å². The van der Waals surface area contributed by atoms with Gasteiger partial charge in [0.1, 0.15) is 0 Å². The number of carbonyl (C=O) groups excluding carboxylic acids is 1. The van der Waals surface area contributed by atoms with Crippen molar-refractivity contribution in [2.45, 2.75) is 33.1 Å². The highest BCUT2D eigenvalue weighted by atomic mass is 35.5. The number of hydrogen-bond donors (Lipinski definition) is 0. The molecule has 14 heavy (non-hydrogen) atoms. The topological polar surface area (TPSA) is 17.1 Å². The lowest BCUT2D eigenvalue weighted by molar-refractivity contribution is 0.101. The van der Waals surface area contributed by atoms with Crippen LogP contribution in [0.25, 0.3) is 0 Å². The molecule has 0 radical (unpaired) electrons. The summed E-state index contributed by atoms with van der Waals surface area (Å²) in [6.45, 7) is 7.81. The van der Waals surface area contributed by atoms with Crippen LogP contribution in [0.3, 0.4) is 0 Å². The molecule has 0 aliphatic carbocycles. The van der Waals surface area contributed by atoms with Gasteiger partial charge in [-0.25, -0.2) is 0 Å². The number of Topliss-reactive ketones (excluding diaryl/α,β-unsaturated/α-hetero) is 1. The second-order valence-electron chi connectivity index (χ2n) is 4.50. The molecule has 1 rings (SSSR count). The summed E-state index contributed by atoms with van der Waals surface area (Å²) >= 11 is 5.92. The van der Waals surface area contributed by atoms with E-state index in [1.807, 2.05) is 6.07 Å². The van der Waals surface area contributed by atoms with Gasteiger partial charge in [0.25, 0.3) is 0 Å². The summed E-state index contributed by atoms with van der Waals surface area (Å²) in [7, 11) is 0. The van der Waals surface area contributed by atoms with E-state index in [9.17, 15) is 4.79 Å². The van der Waals surface area contributed by atoms with E-state index < -0.39 is 0 Å². The maximum Gasteiger partial charge on any atom is 0.160 e. The number of hydrogen-bond acceptors (Lipinski definition) is 1. The third kappa shape index (κ3) is 2.36.